The standard InChI is InChI=1S/C17H25N3O2S/c1-5-6-12-18-23(21,22)15-13-20(14-10-8-7-9-11-14)19-16(15)17(2,3)4/h7-11,13,18H,5-6,12H2,1-4H3. The summed E-state index contributed by atoms with van der Waals surface area (Å²) >= 11 is 0. The minimum absolute atomic E-state index is 0.255. The van der Waals surface area contributed by atoms with Crippen LogP contribution in [0, 0.1) is 0 Å². The molecule has 1 heterocycles. The first-order valence-electron chi connectivity index (χ1n) is 7.91. The zero-order chi connectivity index (χ0) is 17.1. The maximum absolute atomic E-state index is 12.7. The van der Waals surface area contributed by atoms with Gasteiger partial charge in [0.1, 0.15) is 4.90 Å². The average Bonchev–Trinajstić information content (AvgIpc) is 2.94. The van der Waals surface area contributed by atoms with Gasteiger partial charge in [0.15, 0.2) is 0 Å². The summed E-state index contributed by atoms with van der Waals surface area (Å²) in [4.78, 5) is 0.255. The molecule has 5 nitrogen and oxygen atoms in total. The topological polar surface area (TPSA) is 64.0 Å². The third-order valence-corrected chi connectivity index (χ3v) is 4.99. The SMILES string of the molecule is CCCCNS(=O)(=O)c1cn(-c2ccccc2)nc1C(C)(C)C. The van der Waals surface area contributed by atoms with Gasteiger partial charge in [0, 0.05) is 12.0 Å². The molecule has 126 valence electrons. The van der Waals surface area contributed by atoms with Crippen molar-refractivity contribution in [3.8, 4) is 5.69 Å². The number of hydrogen-bond acceptors (Lipinski definition) is 3. The quantitative estimate of drug-likeness (QED) is 0.824. The highest BCUT2D eigenvalue weighted by molar-refractivity contribution is 7.89. The van der Waals surface area contributed by atoms with Gasteiger partial charge in [-0.15, -0.1) is 0 Å². The largest absolute Gasteiger partial charge is 0.244 e. The van der Waals surface area contributed by atoms with Gasteiger partial charge in [-0.1, -0.05) is 52.3 Å². The van der Waals surface area contributed by atoms with Gasteiger partial charge in [0.25, 0.3) is 0 Å². The number of nitrogens with one attached hydrogen (secondary N) is 1. The van der Waals surface area contributed by atoms with Crippen molar-refractivity contribution < 1.29 is 8.42 Å². The van der Waals surface area contributed by atoms with Crippen LogP contribution in [0.1, 0.15) is 46.2 Å². The van der Waals surface area contributed by atoms with E-state index in [0.717, 1.165) is 18.5 Å². The Bertz CT molecular complexity index is 744. The number of para-hydroxylation sites is 1. The molecule has 1 aromatic heterocycles. The molecule has 0 fully saturated rings. The van der Waals surface area contributed by atoms with E-state index in [1.165, 1.54) is 0 Å². The first-order valence-corrected chi connectivity index (χ1v) is 9.39. The van der Waals surface area contributed by atoms with Crippen LogP contribution in [-0.4, -0.2) is 24.7 Å². The number of benzene rings is 1. The maximum Gasteiger partial charge on any atom is 0.244 e. The molecule has 0 aliphatic heterocycles. The van der Waals surface area contributed by atoms with Gasteiger partial charge in [-0.2, -0.15) is 5.10 Å². The normalized spacial score (nSPS) is 12.5. The number of sulfonamides is 1. The highest BCUT2D eigenvalue weighted by atomic mass is 32.2. The number of unbranched alkanes of at least 4 members (excludes halogenated alkanes) is 1. The molecule has 0 bridgehead atoms. The van der Waals surface area contributed by atoms with Gasteiger partial charge in [-0.05, 0) is 18.6 Å². The summed E-state index contributed by atoms with van der Waals surface area (Å²) in [7, 11) is -3.57. The third-order valence-electron chi connectivity index (χ3n) is 3.52. The molecule has 2 rings (SSSR count). The molecule has 1 aromatic carbocycles. The lowest BCUT2D eigenvalue weighted by Crippen LogP contribution is -2.27. The molecular formula is C17H25N3O2S. The fraction of sp³-hybridized carbons (Fsp3) is 0.471. The molecule has 0 aliphatic carbocycles. The lowest BCUT2D eigenvalue weighted by atomic mass is 9.92. The lowest BCUT2D eigenvalue weighted by molar-refractivity contribution is 0.538. The molecule has 2 aromatic rings. The predicted molar refractivity (Wildman–Crippen MR) is 92.4 cm³/mol. The first-order chi connectivity index (χ1) is 10.8. The van der Waals surface area contributed by atoms with E-state index in [0.29, 0.717) is 12.2 Å². The van der Waals surface area contributed by atoms with Crippen LogP contribution < -0.4 is 4.72 Å². The summed E-state index contributed by atoms with van der Waals surface area (Å²) < 4.78 is 29.6. The summed E-state index contributed by atoms with van der Waals surface area (Å²) in [5.74, 6) is 0. The molecular weight excluding hydrogens is 310 g/mol. The Morgan fingerprint density at radius 2 is 1.83 bits per heavy atom. The van der Waals surface area contributed by atoms with Gasteiger partial charge >= 0.3 is 0 Å². The van der Waals surface area contributed by atoms with E-state index < -0.39 is 10.0 Å². The Hall–Kier alpha value is -1.66. The van der Waals surface area contributed by atoms with Crippen LogP contribution in [0.3, 0.4) is 0 Å². The van der Waals surface area contributed by atoms with Crippen molar-refractivity contribution >= 4 is 10.0 Å². The lowest BCUT2D eigenvalue weighted by Gasteiger charge is -2.17. The summed E-state index contributed by atoms with van der Waals surface area (Å²) in [5, 5.41) is 4.54. The number of aromatic nitrogens is 2. The van der Waals surface area contributed by atoms with Crippen molar-refractivity contribution in [3.63, 3.8) is 0 Å². The number of rotatable bonds is 6. The summed E-state index contributed by atoms with van der Waals surface area (Å²) in [6, 6.07) is 9.53. The van der Waals surface area contributed by atoms with Crippen LogP contribution in [0.25, 0.3) is 5.69 Å². The van der Waals surface area contributed by atoms with Crippen LogP contribution in [0.4, 0.5) is 0 Å². The molecule has 0 radical (unpaired) electrons. The van der Waals surface area contributed by atoms with Crippen molar-refractivity contribution in [2.75, 3.05) is 6.54 Å². The molecule has 0 saturated carbocycles. The zero-order valence-corrected chi connectivity index (χ0v) is 15.0. The second-order valence-electron chi connectivity index (χ2n) is 6.62. The van der Waals surface area contributed by atoms with E-state index in [1.54, 1.807) is 10.9 Å². The molecule has 0 unspecified atom stereocenters. The van der Waals surface area contributed by atoms with E-state index >= 15 is 0 Å². The predicted octanol–water partition coefficient (Wildman–Crippen LogP) is 3.25. The fourth-order valence-electron chi connectivity index (χ4n) is 2.25. The highest BCUT2D eigenvalue weighted by Gasteiger charge is 2.29. The highest BCUT2D eigenvalue weighted by Crippen LogP contribution is 2.28. The summed E-state index contributed by atoms with van der Waals surface area (Å²) in [5.41, 5.74) is 1.05. The Morgan fingerprint density at radius 1 is 1.17 bits per heavy atom. The minimum atomic E-state index is -3.57. The molecule has 6 heteroatoms. The number of hydrogen-bond donors (Lipinski definition) is 1. The fourth-order valence-corrected chi connectivity index (χ4v) is 3.66. The first kappa shape index (κ1) is 17.7. The van der Waals surface area contributed by atoms with Crippen molar-refractivity contribution in [3.05, 3.63) is 42.2 Å². The molecule has 0 amide bonds. The Kier molecular flexibility index (Phi) is 5.26. The van der Waals surface area contributed by atoms with Crippen LogP contribution in [0.5, 0.6) is 0 Å². The zero-order valence-electron chi connectivity index (χ0n) is 14.2. The molecule has 0 saturated heterocycles. The molecule has 0 atom stereocenters. The minimum Gasteiger partial charge on any atom is -0.239 e. The second kappa shape index (κ2) is 6.84. The van der Waals surface area contributed by atoms with Crippen LogP contribution in [-0.2, 0) is 15.4 Å². The van der Waals surface area contributed by atoms with Crippen molar-refractivity contribution in [1.29, 1.82) is 0 Å². The second-order valence-corrected chi connectivity index (χ2v) is 8.36. The van der Waals surface area contributed by atoms with Gasteiger partial charge in [0.05, 0.1) is 17.6 Å². The van der Waals surface area contributed by atoms with Crippen LogP contribution in [0.2, 0.25) is 0 Å². The van der Waals surface area contributed by atoms with E-state index in [1.807, 2.05) is 58.0 Å². The van der Waals surface area contributed by atoms with Gasteiger partial charge in [0.2, 0.25) is 10.0 Å². The average molecular weight is 335 g/mol. The molecule has 0 aliphatic rings. The smallest absolute Gasteiger partial charge is 0.239 e. The van der Waals surface area contributed by atoms with Crippen molar-refractivity contribution in [2.24, 2.45) is 0 Å². The van der Waals surface area contributed by atoms with Crippen LogP contribution in [0.15, 0.2) is 41.4 Å². The van der Waals surface area contributed by atoms with Gasteiger partial charge in [-0.3, -0.25) is 0 Å². The van der Waals surface area contributed by atoms with Crippen molar-refractivity contribution in [2.45, 2.75) is 50.8 Å². The molecule has 23 heavy (non-hydrogen) atoms. The number of nitrogens with zero attached hydrogens (tertiary/aromatic N) is 2. The van der Waals surface area contributed by atoms with Gasteiger partial charge < -0.3 is 0 Å². The molecule has 0 spiro atoms. The Labute approximate surface area is 138 Å². The van der Waals surface area contributed by atoms with E-state index in [2.05, 4.69) is 9.82 Å². The van der Waals surface area contributed by atoms with E-state index in [4.69, 9.17) is 0 Å². The van der Waals surface area contributed by atoms with E-state index in [-0.39, 0.29) is 10.3 Å². The Morgan fingerprint density at radius 3 is 2.39 bits per heavy atom. The summed E-state index contributed by atoms with van der Waals surface area (Å²) in [6.45, 7) is 8.38. The maximum atomic E-state index is 12.7. The van der Waals surface area contributed by atoms with Gasteiger partial charge in [-0.25, -0.2) is 17.8 Å². The third kappa shape index (κ3) is 4.20. The van der Waals surface area contributed by atoms with Crippen molar-refractivity contribution in [1.82, 2.24) is 14.5 Å². The molecule has 1 N–H and O–H groups in total. The van der Waals surface area contributed by atoms with E-state index in [9.17, 15) is 8.42 Å². The summed E-state index contributed by atoms with van der Waals surface area (Å²) in [6.07, 6.45) is 3.36. The monoisotopic (exact) mass is 335 g/mol. The van der Waals surface area contributed by atoms with Crippen LogP contribution >= 0.6 is 0 Å². The Balaban J connectivity index is 2.48.